The van der Waals surface area contributed by atoms with Gasteiger partial charge < -0.3 is 9.84 Å². The van der Waals surface area contributed by atoms with Gasteiger partial charge in [-0.25, -0.2) is 0 Å². The first-order chi connectivity index (χ1) is 9.36. The van der Waals surface area contributed by atoms with Crippen LogP contribution in [-0.4, -0.2) is 22.2 Å². The molecule has 19 heavy (non-hydrogen) atoms. The maximum atomic E-state index is 5.28. The van der Waals surface area contributed by atoms with Crippen molar-refractivity contribution in [3.63, 3.8) is 0 Å². The molecule has 0 unspecified atom stereocenters. The van der Waals surface area contributed by atoms with Crippen LogP contribution in [0.25, 0.3) is 22.8 Å². The molecular formula is C14H12N4O. The highest BCUT2D eigenvalue weighted by atomic mass is 16.5. The molecule has 2 aromatic heterocycles. The average Bonchev–Trinajstić information content (AvgIpc) is 2.98. The normalized spacial score (nSPS) is 10.4. The zero-order valence-electron chi connectivity index (χ0n) is 10.4. The van der Waals surface area contributed by atoms with Crippen molar-refractivity contribution in [2.45, 2.75) is 0 Å². The van der Waals surface area contributed by atoms with Crippen molar-refractivity contribution in [3.05, 3.63) is 48.8 Å². The molecule has 5 heteroatoms. The summed E-state index contributed by atoms with van der Waals surface area (Å²) in [6.07, 6.45) is 3.40. The predicted octanol–water partition coefficient (Wildman–Crippen LogP) is 2.84. The van der Waals surface area contributed by atoms with Crippen LogP contribution in [-0.2, 0) is 0 Å². The number of rotatable bonds is 3. The zero-order chi connectivity index (χ0) is 13.1. The van der Waals surface area contributed by atoms with Crippen molar-refractivity contribution in [1.29, 1.82) is 0 Å². The van der Waals surface area contributed by atoms with E-state index in [4.69, 9.17) is 4.52 Å². The lowest BCUT2D eigenvalue weighted by Gasteiger charge is -1.99. The summed E-state index contributed by atoms with van der Waals surface area (Å²) in [5.74, 6) is 1.07. The summed E-state index contributed by atoms with van der Waals surface area (Å²) in [5.41, 5.74) is 2.82. The standard InChI is InChI=1S/C14H12N4O/c1-15-12-4-2-11(3-5-12)14-17-13(18-19-14)10-6-8-16-9-7-10/h2-9,15H,1H3. The van der Waals surface area contributed by atoms with Crippen LogP contribution in [0.4, 0.5) is 5.69 Å². The van der Waals surface area contributed by atoms with Gasteiger partial charge in [0.15, 0.2) is 0 Å². The molecule has 0 atom stereocenters. The SMILES string of the molecule is CNc1ccc(-c2nc(-c3ccncc3)no2)cc1. The Balaban J connectivity index is 1.92. The number of nitrogens with one attached hydrogen (secondary N) is 1. The largest absolute Gasteiger partial charge is 0.388 e. The first-order valence-corrected chi connectivity index (χ1v) is 5.89. The van der Waals surface area contributed by atoms with E-state index < -0.39 is 0 Å². The van der Waals surface area contributed by atoms with Gasteiger partial charge in [-0.3, -0.25) is 4.98 Å². The minimum absolute atomic E-state index is 0.509. The summed E-state index contributed by atoms with van der Waals surface area (Å²) >= 11 is 0. The molecule has 0 saturated carbocycles. The van der Waals surface area contributed by atoms with Gasteiger partial charge >= 0.3 is 0 Å². The number of benzene rings is 1. The molecule has 1 N–H and O–H groups in total. The summed E-state index contributed by atoms with van der Waals surface area (Å²) < 4.78 is 5.28. The molecule has 1 aromatic carbocycles. The molecule has 0 radical (unpaired) electrons. The van der Waals surface area contributed by atoms with Gasteiger partial charge in [0.05, 0.1) is 0 Å². The van der Waals surface area contributed by atoms with Crippen LogP contribution < -0.4 is 5.32 Å². The summed E-state index contributed by atoms with van der Waals surface area (Å²) in [6, 6.07) is 11.5. The van der Waals surface area contributed by atoms with Gasteiger partial charge in [0.2, 0.25) is 5.82 Å². The Morgan fingerprint density at radius 1 is 0.947 bits per heavy atom. The minimum atomic E-state index is 0.509. The maximum absolute atomic E-state index is 5.28. The number of hydrogen-bond acceptors (Lipinski definition) is 5. The third-order valence-corrected chi connectivity index (χ3v) is 2.79. The van der Waals surface area contributed by atoms with Crippen LogP contribution >= 0.6 is 0 Å². The smallest absolute Gasteiger partial charge is 0.258 e. The molecule has 2 heterocycles. The molecule has 3 rings (SSSR count). The fourth-order valence-corrected chi connectivity index (χ4v) is 1.74. The third kappa shape index (κ3) is 2.30. The van der Waals surface area contributed by atoms with Crippen molar-refractivity contribution in [2.24, 2.45) is 0 Å². The molecule has 0 bridgehead atoms. The highest BCUT2D eigenvalue weighted by Gasteiger charge is 2.09. The molecule has 94 valence electrons. The Bertz CT molecular complexity index is 661. The molecule has 5 nitrogen and oxygen atoms in total. The van der Waals surface area contributed by atoms with Gasteiger partial charge in [-0.1, -0.05) is 5.16 Å². The van der Waals surface area contributed by atoms with Crippen molar-refractivity contribution >= 4 is 5.69 Å². The highest BCUT2D eigenvalue weighted by Crippen LogP contribution is 2.22. The maximum Gasteiger partial charge on any atom is 0.258 e. The third-order valence-electron chi connectivity index (χ3n) is 2.79. The van der Waals surface area contributed by atoms with Crippen LogP contribution in [0.15, 0.2) is 53.3 Å². The molecule has 0 aliphatic rings. The molecule has 3 aromatic rings. The quantitative estimate of drug-likeness (QED) is 0.776. The lowest BCUT2D eigenvalue weighted by molar-refractivity contribution is 0.432. The van der Waals surface area contributed by atoms with Gasteiger partial charge in [0.1, 0.15) is 0 Å². The van der Waals surface area contributed by atoms with E-state index in [-0.39, 0.29) is 0 Å². The van der Waals surface area contributed by atoms with E-state index in [1.54, 1.807) is 12.4 Å². The number of aromatic nitrogens is 3. The molecule has 0 saturated heterocycles. The van der Waals surface area contributed by atoms with Gasteiger partial charge in [0, 0.05) is 36.3 Å². The first-order valence-electron chi connectivity index (χ1n) is 5.89. The minimum Gasteiger partial charge on any atom is -0.388 e. The van der Waals surface area contributed by atoms with Gasteiger partial charge in [0.25, 0.3) is 5.89 Å². The van der Waals surface area contributed by atoms with Crippen molar-refractivity contribution < 1.29 is 4.52 Å². The predicted molar refractivity (Wildman–Crippen MR) is 72.5 cm³/mol. The first kappa shape index (κ1) is 11.4. The number of nitrogens with zero attached hydrogens (tertiary/aromatic N) is 3. The fraction of sp³-hybridized carbons (Fsp3) is 0.0714. The molecule has 0 aliphatic heterocycles. The van der Waals surface area contributed by atoms with Gasteiger partial charge in [-0.15, -0.1) is 0 Å². The van der Waals surface area contributed by atoms with E-state index in [2.05, 4.69) is 20.4 Å². The molecule has 0 aliphatic carbocycles. The van der Waals surface area contributed by atoms with Gasteiger partial charge in [-0.2, -0.15) is 4.98 Å². The molecule has 0 amide bonds. The number of hydrogen-bond donors (Lipinski definition) is 1. The van der Waals surface area contributed by atoms with Crippen LogP contribution in [0.1, 0.15) is 0 Å². The second-order valence-electron chi connectivity index (χ2n) is 3.99. The van der Waals surface area contributed by atoms with Crippen LogP contribution in [0.3, 0.4) is 0 Å². The zero-order valence-corrected chi connectivity index (χ0v) is 10.4. The van der Waals surface area contributed by atoms with Crippen LogP contribution in [0.5, 0.6) is 0 Å². The van der Waals surface area contributed by atoms with Crippen LogP contribution in [0, 0.1) is 0 Å². The monoisotopic (exact) mass is 252 g/mol. The lowest BCUT2D eigenvalue weighted by atomic mass is 10.2. The number of anilines is 1. The van der Waals surface area contributed by atoms with E-state index in [1.807, 2.05) is 43.4 Å². The molecular weight excluding hydrogens is 240 g/mol. The van der Waals surface area contributed by atoms with E-state index in [9.17, 15) is 0 Å². The summed E-state index contributed by atoms with van der Waals surface area (Å²) in [7, 11) is 1.88. The Morgan fingerprint density at radius 3 is 2.37 bits per heavy atom. The summed E-state index contributed by atoms with van der Waals surface area (Å²) in [4.78, 5) is 8.34. The Labute approximate surface area is 110 Å². The topological polar surface area (TPSA) is 63.8 Å². The Morgan fingerprint density at radius 2 is 1.68 bits per heavy atom. The highest BCUT2D eigenvalue weighted by molar-refractivity contribution is 5.61. The van der Waals surface area contributed by atoms with E-state index >= 15 is 0 Å². The second-order valence-corrected chi connectivity index (χ2v) is 3.99. The Hall–Kier alpha value is -2.69. The molecule has 0 fully saturated rings. The van der Waals surface area contributed by atoms with Crippen LogP contribution in [0.2, 0.25) is 0 Å². The fourth-order valence-electron chi connectivity index (χ4n) is 1.74. The van der Waals surface area contributed by atoms with E-state index in [0.717, 1.165) is 16.8 Å². The van der Waals surface area contributed by atoms with E-state index in [1.165, 1.54) is 0 Å². The Kier molecular flexibility index (Phi) is 2.94. The summed E-state index contributed by atoms with van der Waals surface area (Å²) in [6.45, 7) is 0. The summed E-state index contributed by atoms with van der Waals surface area (Å²) in [5, 5.41) is 7.04. The number of pyridine rings is 1. The van der Waals surface area contributed by atoms with Crippen molar-refractivity contribution in [3.8, 4) is 22.8 Å². The molecule has 0 spiro atoms. The lowest BCUT2D eigenvalue weighted by Crippen LogP contribution is -1.87. The average molecular weight is 252 g/mol. The van der Waals surface area contributed by atoms with Gasteiger partial charge in [-0.05, 0) is 36.4 Å². The second kappa shape index (κ2) is 4.89. The van der Waals surface area contributed by atoms with Crippen molar-refractivity contribution in [2.75, 3.05) is 12.4 Å². The van der Waals surface area contributed by atoms with Crippen molar-refractivity contribution in [1.82, 2.24) is 15.1 Å². The van der Waals surface area contributed by atoms with E-state index in [0.29, 0.717) is 11.7 Å².